The molecule has 7 heteroatoms. The van der Waals surface area contributed by atoms with Gasteiger partial charge in [0.25, 0.3) is 0 Å². The average molecular weight is 274 g/mol. The number of alkyl halides is 3. The molecule has 19 heavy (non-hydrogen) atoms. The van der Waals surface area contributed by atoms with Crippen LogP contribution in [0, 0.1) is 0 Å². The summed E-state index contributed by atoms with van der Waals surface area (Å²) in [6, 6.07) is 4.84. The first-order valence-electron chi connectivity index (χ1n) is 5.55. The van der Waals surface area contributed by atoms with Crippen molar-refractivity contribution in [1.29, 1.82) is 0 Å². The van der Waals surface area contributed by atoms with Crippen molar-refractivity contribution in [1.82, 2.24) is 10.0 Å². The average Bonchev–Trinajstić information content (AvgIpc) is 2.76. The minimum Gasteiger partial charge on any atom is -0.497 e. The van der Waals surface area contributed by atoms with E-state index in [0.29, 0.717) is 11.3 Å². The summed E-state index contributed by atoms with van der Waals surface area (Å²) in [7, 11) is 1.49. The van der Waals surface area contributed by atoms with E-state index in [4.69, 9.17) is 9.94 Å². The largest absolute Gasteiger partial charge is 0.497 e. The molecule has 0 saturated carbocycles. The highest BCUT2D eigenvalue weighted by atomic mass is 19.4. The maximum absolute atomic E-state index is 12.6. The predicted octanol–water partition coefficient (Wildman–Crippen LogP) is 2.56. The Hall–Kier alpha value is -1.73. The standard InChI is InChI=1S/C12H13F3N2O2/c1-19-9-3-2-8-4-5-17(10(8)6-9)7-11(16-18)12(13,14)15/h2-6,11,16,18H,7H2,1H3. The van der Waals surface area contributed by atoms with Gasteiger partial charge in [0.2, 0.25) is 0 Å². The van der Waals surface area contributed by atoms with Crippen molar-refractivity contribution < 1.29 is 23.1 Å². The number of methoxy groups -OCH3 is 1. The summed E-state index contributed by atoms with van der Waals surface area (Å²) in [6.07, 6.45) is -2.98. The predicted molar refractivity (Wildman–Crippen MR) is 63.3 cm³/mol. The van der Waals surface area contributed by atoms with Crippen molar-refractivity contribution in [2.45, 2.75) is 18.8 Å². The molecular weight excluding hydrogens is 261 g/mol. The summed E-state index contributed by atoms with van der Waals surface area (Å²) in [6.45, 7) is -0.420. The molecular formula is C12H13F3N2O2. The van der Waals surface area contributed by atoms with Gasteiger partial charge in [-0.05, 0) is 23.6 Å². The maximum Gasteiger partial charge on any atom is 0.407 e. The summed E-state index contributed by atoms with van der Waals surface area (Å²) >= 11 is 0. The zero-order chi connectivity index (χ0) is 14.0. The van der Waals surface area contributed by atoms with Crippen molar-refractivity contribution >= 4 is 10.9 Å². The quantitative estimate of drug-likeness (QED) is 0.842. The number of hydrogen-bond donors (Lipinski definition) is 2. The SMILES string of the molecule is COc1ccc2ccn(CC(NO)C(F)(F)F)c2c1. The third kappa shape index (κ3) is 2.82. The van der Waals surface area contributed by atoms with Crippen molar-refractivity contribution in [3.05, 3.63) is 30.5 Å². The van der Waals surface area contributed by atoms with Gasteiger partial charge >= 0.3 is 6.18 Å². The van der Waals surface area contributed by atoms with E-state index in [2.05, 4.69) is 0 Å². The Morgan fingerprint density at radius 1 is 1.37 bits per heavy atom. The molecule has 4 nitrogen and oxygen atoms in total. The van der Waals surface area contributed by atoms with Gasteiger partial charge in [-0.3, -0.25) is 0 Å². The zero-order valence-electron chi connectivity index (χ0n) is 10.1. The Morgan fingerprint density at radius 3 is 2.68 bits per heavy atom. The molecule has 1 aromatic heterocycles. The summed E-state index contributed by atoms with van der Waals surface area (Å²) < 4.78 is 44.3. The van der Waals surface area contributed by atoms with Crippen LogP contribution in [-0.2, 0) is 6.54 Å². The van der Waals surface area contributed by atoms with Gasteiger partial charge in [0, 0.05) is 18.8 Å². The smallest absolute Gasteiger partial charge is 0.407 e. The first-order chi connectivity index (χ1) is 8.95. The van der Waals surface area contributed by atoms with E-state index in [9.17, 15) is 13.2 Å². The highest BCUT2D eigenvalue weighted by molar-refractivity contribution is 5.81. The van der Waals surface area contributed by atoms with Crippen molar-refractivity contribution in [2.75, 3.05) is 7.11 Å². The van der Waals surface area contributed by atoms with Crippen molar-refractivity contribution in [2.24, 2.45) is 0 Å². The molecule has 1 atom stereocenters. The molecule has 0 fully saturated rings. The number of rotatable bonds is 4. The number of nitrogens with zero attached hydrogens (tertiary/aromatic N) is 1. The van der Waals surface area contributed by atoms with Gasteiger partial charge in [-0.25, -0.2) is 0 Å². The molecule has 0 aliphatic rings. The highest BCUT2D eigenvalue weighted by Crippen LogP contribution is 2.25. The molecule has 0 aliphatic heterocycles. The van der Waals surface area contributed by atoms with Gasteiger partial charge < -0.3 is 14.5 Å². The first-order valence-corrected chi connectivity index (χ1v) is 5.55. The number of halogens is 3. The molecule has 0 aliphatic carbocycles. The van der Waals surface area contributed by atoms with E-state index < -0.39 is 18.8 Å². The summed E-state index contributed by atoms with van der Waals surface area (Å²) in [5.41, 5.74) is 1.91. The van der Waals surface area contributed by atoms with Crippen LogP contribution in [0.1, 0.15) is 0 Å². The Balaban J connectivity index is 2.34. The Labute approximate surface area is 107 Å². The number of fused-ring (bicyclic) bond motifs is 1. The van der Waals surface area contributed by atoms with E-state index in [1.807, 2.05) is 0 Å². The van der Waals surface area contributed by atoms with Crippen molar-refractivity contribution in [3.63, 3.8) is 0 Å². The molecule has 104 valence electrons. The second kappa shape index (κ2) is 5.10. The van der Waals surface area contributed by atoms with Crippen LogP contribution in [0.2, 0.25) is 0 Å². The van der Waals surface area contributed by atoms with E-state index in [-0.39, 0.29) is 0 Å². The second-order valence-corrected chi connectivity index (χ2v) is 4.12. The third-order valence-corrected chi connectivity index (χ3v) is 2.91. The normalized spacial score (nSPS) is 13.7. The molecule has 0 spiro atoms. The Morgan fingerprint density at radius 2 is 2.11 bits per heavy atom. The molecule has 2 rings (SSSR count). The van der Waals surface area contributed by atoms with Crippen LogP contribution in [0.3, 0.4) is 0 Å². The zero-order valence-corrected chi connectivity index (χ0v) is 10.1. The molecule has 0 bridgehead atoms. The fourth-order valence-corrected chi connectivity index (χ4v) is 1.86. The lowest BCUT2D eigenvalue weighted by Gasteiger charge is -2.19. The molecule has 1 aromatic carbocycles. The fourth-order valence-electron chi connectivity index (χ4n) is 1.86. The number of aromatic nitrogens is 1. The van der Waals surface area contributed by atoms with Crippen molar-refractivity contribution in [3.8, 4) is 5.75 Å². The first kappa shape index (κ1) is 13.7. The number of ether oxygens (including phenoxy) is 1. The summed E-state index contributed by atoms with van der Waals surface area (Å²) in [5.74, 6) is 0.563. The van der Waals surface area contributed by atoms with Gasteiger partial charge in [-0.2, -0.15) is 18.7 Å². The molecule has 1 heterocycles. The minimum absolute atomic E-state index is 0.420. The van der Waals surface area contributed by atoms with Gasteiger partial charge in [0.15, 0.2) is 0 Å². The summed E-state index contributed by atoms with van der Waals surface area (Å²) in [5, 5.41) is 9.43. The topological polar surface area (TPSA) is 46.4 Å². The van der Waals surface area contributed by atoms with Crippen LogP contribution in [-0.4, -0.2) is 29.1 Å². The summed E-state index contributed by atoms with van der Waals surface area (Å²) in [4.78, 5) is 0. The van der Waals surface area contributed by atoms with Gasteiger partial charge in [-0.1, -0.05) is 0 Å². The second-order valence-electron chi connectivity index (χ2n) is 4.12. The molecule has 2 aromatic rings. The number of benzene rings is 1. The van der Waals surface area contributed by atoms with Gasteiger partial charge in [0.05, 0.1) is 12.6 Å². The van der Waals surface area contributed by atoms with Crippen LogP contribution in [0.25, 0.3) is 10.9 Å². The minimum atomic E-state index is -4.52. The molecule has 0 amide bonds. The third-order valence-electron chi connectivity index (χ3n) is 2.91. The van der Waals surface area contributed by atoms with E-state index in [1.54, 1.807) is 30.5 Å². The monoisotopic (exact) mass is 274 g/mol. The van der Waals surface area contributed by atoms with E-state index in [0.717, 1.165) is 5.39 Å². The lowest BCUT2D eigenvalue weighted by atomic mass is 10.2. The van der Waals surface area contributed by atoms with Gasteiger partial charge in [-0.15, -0.1) is 0 Å². The van der Waals surface area contributed by atoms with Crippen LogP contribution in [0.5, 0.6) is 5.75 Å². The maximum atomic E-state index is 12.6. The number of hydroxylamine groups is 1. The molecule has 2 N–H and O–H groups in total. The molecule has 0 radical (unpaired) electrons. The molecule has 1 unspecified atom stereocenters. The highest BCUT2D eigenvalue weighted by Gasteiger charge is 2.39. The Kier molecular flexibility index (Phi) is 3.68. The van der Waals surface area contributed by atoms with Crippen LogP contribution in [0.4, 0.5) is 13.2 Å². The molecule has 0 saturated heterocycles. The van der Waals surface area contributed by atoms with Gasteiger partial charge in [0.1, 0.15) is 11.8 Å². The van der Waals surface area contributed by atoms with Crippen LogP contribution >= 0.6 is 0 Å². The lowest BCUT2D eigenvalue weighted by molar-refractivity contribution is -0.179. The number of nitrogens with one attached hydrogen (secondary N) is 1. The Bertz CT molecular complexity index is 566. The van der Waals surface area contributed by atoms with E-state index >= 15 is 0 Å². The fraction of sp³-hybridized carbons (Fsp3) is 0.333. The lowest BCUT2D eigenvalue weighted by Crippen LogP contribution is -2.43. The number of hydrogen-bond acceptors (Lipinski definition) is 3. The van der Waals surface area contributed by atoms with Crippen LogP contribution in [0.15, 0.2) is 30.5 Å². The van der Waals surface area contributed by atoms with Crippen LogP contribution < -0.4 is 10.2 Å². The van der Waals surface area contributed by atoms with E-state index in [1.165, 1.54) is 17.2 Å².